The fourth-order valence-electron chi connectivity index (χ4n) is 2.22. The van der Waals surface area contributed by atoms with Crippen molar-refractivity contribution in [2.24, 2.45) is 0 Å². The molecule has 7 nitrogen and oxygen atoms in total. The molecule has 2 heterocycles. The Morgan fingerprint density at radius 1 is 1.21 bits per heavy atom. The van der Waals surface area contributed by atoms with Crippen molar-refractivity contribution in [3.8, 4) is 0 Å². The quantitative estimate of drug-likeness (QED) is 0.638. The zero-order valence-corrected chi connectivity index (χ0v) is 13.3. The average Bonchev–Trinajstić information content (AvgIpc) is 3.03. The molecule has 0 radical (unpaired) electrons. The SMILES string of the molecule is O=C(CCCOCc1ccccc1)NCc1nc2ncccn2n1. The van der Waals surface area contributed by atoms with Gasteiger partial charge in [-0.15, -0.1) is 5.10 Å². The normalized spacial score (nSPS) is 10.8. The molecular weight excluding hydrogens is 306 g/mol. The molecule has 124 valence electrons. The molecule has 0 saturated carbocycles. The molecule has 0 aliphatic rings. The van der Waals surface area contributed by atoms with Crippen LogP contribution in [0.5, 0.6) is 0 Å². The van der Waals surface area contributed by atoms with Gasteiger partial charge in [0.1, 0.15) is 0 Å². The third kappa shape index (κ3) is 4.60. The van der Waals surface area contributed by atoms with E-state index in [4.69, 9.17) is 4.74 Å². The Balaban J connectivity index is 1.32. The molecule has 0 saturated heterocycles. The molecule has 2 aromatic heterocycles. The molecule has 1 N–H and O–H groups in total. The van der Waals surface area contributed by atoms with Crippen LogP contribution in [-0.2, 0) is 22.7 Å². The van der Waals surface area contributed by atoms with Gasteiger partial charge in [-0.25, -0.2) is 9.50 Å². The molecule has 0 fully saturated rings. The minimum atomic E-state index is -0.0369. The third-order valence-corrected chi connectivity index (χ3v) is 3.41. The largest absolute Gasteiger partial charge is 0.377 e. The van der Waals surface area contributed by atoms with Crippen molar-refractivity contribution in [1.29, 1.82) is 0 Å². The van der Waals surface area contributed by atoms with Crippen LogP contribution >= 0.6 is 0 Å². The molecule has 0 aliphatic carbocycles. The maximum atomic E-state index is 11.8. The Hall–Kier alpha value is -2.80. The number of nitrogens with one attached hydrogen (secondary N) is 1. The van der Waals surface area contributed by atoms with Crippen LogP contribution in [-0.4, -0.2) is 32.1 Å². The highest BCUT2D eigenvalue weighted by Gasteiger charge is 2.06. The van der Waals surface area contributed by atoms with Gasteiger partial charge in [0.15, 0.2) is 5.82 Å². The molecule has 0 spiro atoms. The monoisotopic (exact) mass is 325 g/mol. The van der Waals surface area contributed by atoms with Gasteiger partial charge in [0.25, 0.3) is 5.78 Å². The Kier molecular flexibility index (Phi) is 5.47. The Labute approximate surface area is 139 Å². The summed E-state index contributed by atoms with van der Waals surface area (Å²) in [6.45, 7) is 1.42. The summed E-state index contributed by atoms with van der Waals surface area (Å²) in [4.78, 5) is 20.1. The van der Waals surface area contributed by atoms with Gasteiger partial charge in [-0.2, -0.15) is 4.98 Å². The highest BCUT2D eigenvalue weighted by molar-refractivity contribution is 5.75. The highest BCUT2D eigenvalue weighted by Crippen LogP contribution is 2.02. The Morgan fingerprint density at radius 2 is 2.08 bits per heavy atom. The molecule has 1 amide bonds. The highest BCUT2D eigenvalue weighted by atomic mass is 16.5. The minimum Gasteiger partial charge on any atom is -0.377 e. The molecule has 0 aliphatic heterocycles. The van der Waals surface area contributed by atoms with E-state index in [1.807, 2.05) is 30.3 Å². The number of hydrogen-bond acceptors (Lipinski definition) is 5. The number of carbonyl (C=O) groups is 1. The number of aromatic nitrogens is 4. The van der Waals surface area contributed by atoms with Crippen LogP contribution in [0, 0.1) is 0 Å². The van der Waals surface area contributed by atoms with E-state index in [2.05, 4.69) is 20.4 Å². The fourth-order valence-corrected chi connectivity index (χ4v) is 2.22. The van der Waals surface area contributed by atoms with Crippen LogP contribution in [0.15, 0.2) is 48.8 Å². The summed E-state index contributed by atoms with van der Waals surface area (Å²) in [5, 5.41) is 7.04. The second-order valence-electron chi connectivity index (χ2n) is 5.31. The first-order valence-corrected chi connectivity index (χ1v) is 7.86. The van der Waals surface area contributed by atoms with E-state index in [9.17, 15) is 4.79 Å². The predicted molar refractivity (Wildman–Crippen MR) is 88.0 cm³/mol. The van der Waals surface area contributed by atoms with Gasteiger partial charge in [0.2, 0.25) is 5.91 Å². The molecule has 0 bridgehead atoms. The number of hydrogen-bond donors (Lipinski definition) is 1. The summed E-state index contributed by atoms with van der Waals surface area (Å²) in [5.41, 5.74) is 1.13. The van der Waals surface area contributed by atoms with Crippen LogP contribution in [0.2, 0.25) is 0 Å². The smallest absolute Gasteiger partial charge is 0.252 e. The van der Waals surface area contributed by atoms with Crippen molar-refractivity contribution in [3.63, 3.8) is 0 Å². The van der Waals surface area contributed by atoms with E-state index >= 15 is 0 Å². The lowest BCUT2D eigenvalue weighted by Gasteiger charge is -2.05. The van der Waals surface area contributed by atoms with Crippen molar-refractivity contribution in [1.82, 2.24) is 24.9 Å². The first-order valence-electron chi connectivity index (χ1n) is 7.86. The first-order chi connectivity index (χ1) is 11.8. The van der Waals surface area contributed by atoms with E-state index in [1.165, 1.54) is 0 Å². The number of benzene rings is 1. The lowest BCUT2D eigenvalue weighted by Crippen LogP contribution is -2.23. The molecule has 3 rings (SSSR count). The van der Waals surface area contributed by atoms with Crippen molar-refractivity contribution >= 4 is 11.7 Å². The number of amides is 1. The molecular formula is C17H19N5O2. The van der Waals surface area contributed by atoms with E-state index < -0.39 is 0 Å². The average molecular weight is 325 g/mol. The second kappa shape index (κ2) is 8.16. The topological polar surface area (TPSA) is 81.4 Å². The third-order valence-electron chi connectivity index (χ3n) is 3.41. The van der Waals surface area contributed by atoms with Gasteiger partial charge in [-0.1, -0.05) is 30.3 Å². The van der Waals surface area contributed by atoms with Crippen molar-refractivity contribution in [2.75, 3.05) is 6.61 Å². The zero-order valence-electron chi connectivity index (χ0n) is 13.3. The summed E-state index contributed by atoms with van der Waals surface area (Å²) in [7, 11) is 0. The Bertz CT molecular complexity index is 755. The van der Waals surface area contributed by atoms with E-state index in [1.54, 1.807) is 23.0 Å². The molecule has 7 heteroatoms. The number of fused-ring (bicyclic) bond motifs is 1. The maximum Gasteiger partial charge on any atom is 0.252 e. The molecule has 0 unspecified atom stereocenters. The molecule has 24 heavy (non-hydrogen) atoms. The predicted octanol–water partition coefficient (Wildman–Crippen LogP) is 1.74. The number of ether oxygens (including phenoxy) is 1. The lowest BCUT2D eigenvalue weighted by molar-refractivity contribution is -0.121. The van der Waals surface area contributed by atoms with E-state index in [-0.39, 0.29) is 5.91 Å². The molecule has 3 aromatic rings. The Morgan fingerprint density at radius 3 is 2.92 bits per heavy atom. The van der Waals surface area contributed by atoms with Crippen molar-refractivity contribution < 1.29 is 9.53 Å². The van der Waals surface area contributed by atoms with Crippen LogP contribution in [0.4, 0.5) is 0 Å². The number of carbonyl (C=O) groups excluding carboxylic acids is 1. The fraction of sp³-hybridized carbons (Fsp3) is 0.294. The van der Waals surface area contributed by atoms with Crippen LogP contribution in [0.3, 0.4) is 0 Å². The molecule has 0 atom stereocenters. The van der Waals surface area contributed by atoms with Gasteiger partial charge in [-0.05, 0) is 18.1 Å². The van der Waals surface area contributed by atoms with E-state index in [0.717, 1.165) is 5.56 Å². The standard InChI is InChI=1S/C17H19N5O2/c23-16(8-4-11-24-13-14-6-2-1-3-7-14)19-12-15-20-17-18-9-5-10-22(17)21-15/h1-3,5-7,9-10H,4,8,11-13H2,(H,19,23). The van der Waals surface area contributed by atoms with E-state index in [0.29, 0.717) is 44.2 Å². The zero-order chi connectivity index (χ0) is 16.6. The van der Waals surface area contributed by atoms with Gasteiger partial charge >= 0.3 is 0 Å². The number of rotatable bonds is 8. The van der Waals surface area contributed by atoms with Crippen LogP contribution in [0.25, 0.3) is 5.78 Å². The molecule has 1 aromatic carbocycles. The summed E-state index contributed by atoms with van der Waals surface area (Å²) in [6.07, 6.45) is 4.52. The van der Waals surface area contributed by atoms with Gasteiger partial charge in [0, 0.05) is 25.4 Å². The van der Waals surface area contributed by atoms with Gasteiger partial charge in [0.05, 0.1) is 13.2 Å². The summed E-state index contributed by atoms with van der Waals surface area (Å²) >= 11 is 0. The van der Waals surface area contributed by atoms with Gasteiger partial charge in [-0.3, -0.25) is 4.79 Å². The van der Waals surface area contributed by atoms with Crippen LogP contribution < -0.4 is 5.32 Å². The second-order valence-corrected chi connectivity index (χ2v) is 5.31. The lowest BCUT2D eigenvalue weighted by atomic mass is 10.2. The van der Waals surface area contributed by atoms with Crippen LogP contribution in [0.1, 0.15) is 24.2 Å². The summed E-state index contributed by atoms with van der Waals surface area (Å²) in [5.74, 6) is 1.03. The number of nitrogens with zero attached hydrogens (tertiary/aromatic N) is 4. The maximum absolute atomic E-state index is 11.8. The van der Waals surface area contributed by atoms with Crippen molar-refractivity contribution in [3.05, 3.63) is 60.2 Å². The summed E-state index contributed by atoms with van der Waals surface area (Å²) < 4.78 is 7.14. The first kappa shape index (κ1) is 16.1. The van der Waals surface area contributed by atoms with Gasteiger partial charge < -0.3 is 10.1 Å². The van der Waals surface area contributed by atoms with Crippen molar-refractivity contribution in [2.45, 2.75) is 26.0 Å². The minimum absolute atomic E-state index is 0.0369. The summed E-state index contributed by atoms with van der Waals surface area (Å²) in [6, 6.07) is 11.7.